The molecule has 112 valence electrons. The third-order valence-electron chi connectivity index (χ3n) is 3.04. The van der Waals surface area contributed by atoms with Gasteiger partial charge in [0.15, 0.2) is 0 Å². The minimum atomic E-state index is -0.185. The summed E-state index contributed by atoms with van der Waals surface area (Å²) >= 11 is 11.9. The third-order valence-corrected chi connectivity index (χ3v) is 3.78. The zero-order valence-electron chi connectivity index (χ0n) is 12.5. The Labute approximate surface area is 134 Å². The molecule has 0 fully saturated rings. The van der Waals surface area contributed by atoms with Gasteiger partial charge in [-0.15, -0.1) is 0 Å². The Morgan fingerprint density at radius 1 is 1.10 bits per heavy atom. The molecule has 1 aromatic carbocycles. The second-order valence-corrected chi connectivity index (χ2v) is 6.72. The van der Waals surface area contributed by atoms with Crippen LogP contribution in [0.3, 0.4) is 0 Å². The van der Waals surface area contributed by atoms with E-state index in [4.69, 9.17) is 28.9 Å². The molecule has 0 aliphatic heterocycles. The molecule has 1 heterocycles. The van der Waals surface area contributed by atoms with Crippen molar-refractivity contribution in [3.05, 3.63) is 39.6 Å². The lowest BCUT2D eigenvalue weighted by Gasteiger charge is -2.20. The molecule has 1 aromatic heterocycles. The van der Waals surface area contributed by atoms with E-state index in [-0.39, 0.29) is 5.41 Å². The summed E-state index contributed by atoms with van der Waals surface area (Å²) < 4.78 is 0. The van der Waals surface area contributed by atoms with Crippen LogP contribution in [0.2, 0.25) is 10.0 Å². The first-order chi connectivity index (χ1) is 9.68. The van der Waals surface area contributed by atoms with Crippen LogP contribution in [0.5, 0.6) is 0 Å². The maximum Gasteiger partial charge on any atom is 0.139 e. The van der Waals surface area contributed by atoms with Crippen LogP contribution in [0.25, 0.3) is 0 Å². The Morgan fingerprint density at radius 3 is 2.33 bits per heavy atom. The fourth-order valence-electron chi connectivity index (χ4n) is 1.70. The van der Waals surface area contributed by atoms with Crippen LogP contribution in [-0.4, -0.2) is 9.97 Å². The highest BCUT2D eigenvalue weighted by Gasteiger charge is 2.20. The first-order valence-corrected chi connectivity index (χ1v) is 7.31. The van der Waals surface area contributed by atoms with Gasteiger partial charge in [0.2, 0.25) is 0 Å². The average molecular weight is 325 g/mol. The molecule has 6 heteroatoms. The van der Waals surface area contributed by atoms with Crippen molar-refractivity contribution in [2.45, 2.75) is 33.1 Å². The van der Waals surface area contributed by atoms with Crippen molar-refractivity contribution in [1.29, 1.82) is 0 Å². The molecule has 0 saturated heterocycles. The highest BCUT2D eigenvalue weighted by Crippen LogP contribution is 2.29. The van der Waals surface area contributed by atoms with E-state index in [1.807, 2.05) is 33.8 Å². The number of hydrogen-bond donors (Lipinski definition) is 2. The van der Waals surface area contributed by atoms with Crippen LogP contribution < -0.4 is 11.1 Å². The van der Waals surface area contributed by atoms with E-state index in [0.717, 1.165) is 11.3 Å². The summed E-state index contributed by atoms with van der Waals surface area (Å²) in [6, 6.07) is 5.32. The summed E-state index contributed by atoms with van der Waals surface area (Å²) in [6.07, 6.45) is 0. The molecule has 0 aliphatic rings. The van der Waals surface area contributed by atoms with Crippen molar-refractivity contribution in [3.63, 3.8) is 0 Å². The molecule has 0 aliphatic carbocycles. The Morgan fingerprint density at radius 2 is 1.76 bits per heavy atom. The molecule has 0 bridgehead atoms. The molecule has 0 radical (unpaired) electrons. The molecule has 2 aromatic rings. The number of hydrogen-bond acceptors (Lipinski definition) is 4. The lowest BCUT2D eigenvalue weighted by atomic mass is 9.95. The van der Waals surface area contributed by atoms with Crippen molar-refractivity contribution >= 4 is 40.5 Å². The molecule has 0 saturated carbocycles. The minimum Gasteiger partial charge on any atom is -0.383 e. The molecule has 0 amide bonds. The van der Waals surface area contributed by atoms with Gasteiger partial charge in [-0.2, -0.15) is 0 Å². The summed E-state index contributed by atoms with van der Waals surface area (Å²) in [5.74, 6) is 1.83. The van der Waals surface area contributed by atoms with Crippen molar-refractivity contribution in [1.82, 2.24) is 9.97 Å². The van der Waals surface area contributed by atoms with Crippen LogP contribution in [0, 0.1) is 6.92 Å². The summed E-state index contributed by atoms with van der Waals surface area (Å²) in [5, 5.41) is 4.21. The van der Waals surface area contributed by atoms with E-state index in [1.165, 1.54) is 0 Å². The van der Waals surface area contributed by atoms with Crippen molar-refractivity contribution in [2.24, 2.45) is 0 Å². The second-order valence-electron chi connectivity index (χ2n) is 5.91. The van der Waals surface area contributed by atoms with Gasteiger partial charge in [0.25, 0.3) is 0 Å². The van der Waals surface area contributed by atoms with E-state index in [1.54, 1.807) is 12.1 Å². The molecule has 4 nitrogen and oxygen atoms in total. The van der Waals surface area contributed by atoms with Gasteiger partial charge in [0, 0.05) is 16.7 Å². The van der Waals surface area contributed by atoms with E-state index in [0.29, 0.717) is 27.5 Å². The van der Waals surface area contributed by atoms with E-state index >= 15 is 0 Å². The van der Waals surface area contributed by atoms with E-state index in [2.05, 4.69) is 15.3 Å². The van der Waals surface area contributed by atoms with Gasteiger partial charge >= 0.3 is 0 Å². The first-order valence-electron chi connectivity index (χ1n) is 6.55. The summed E-state index contributed by atoms with van der Waals surface area (Å²) in [4.78, 5) is 8.93. The van der Waals surface area contributed by atoms with Crippen LogP contribution in [-0.2, 0) is 5.41 Å². The SMILES string of the molecule is Cc1c(N)nc(C(C)(C)C)nc1Nc1ccc(Cl)c(Cl)c1. The number of nitrogens with zero attached hydrogens (tertiary/aromatic N) is 2. The van der Waals surface area contributed by atoms with Crippen LogP contribution >= 0.6 is 23.2 Å². The first kappa shape index (κ1) is 15.9. The minimum absolute atomic E-state index is 0.185. The Kier molecular flexibility index (Phi) is 4.30. The van der Waals surface area contributed by atoms with Gasteiger partial charge < -0.3 is 11.1 Å². The predicted octanol–water partition coefficient (Wildman–Crippen LogP) is 4.72. The smallest absolute Gasteiger partial charge is 0.139 e. The summed E-state index contributed by atoms with van der Waals surface area (Å²) in [6.45, 7) is 8.00. The monoisotopic (exact) mass is 324 g/mol. The predicted molar refractivity (Wildman–Crippen MR) is 89.6 cm³/mol. The second kappa shape index (κ2) is 5.70. The number of aromatic nitrogens is 2. The highest BCUT2D eigenvalue weighted by atomic mass is 35.5. The van der Waals surface area contributed by atoms with Gasteiger partial charge in [-0.1, -0.05) is 44.0 Å². The fourth-order valence-corrected chi connectivity index (χ4v) is 2.00. The van der Waals surface area contributed by atoms with Crippen LogP contribution in [0.1, 0.15) is 32.2 Å². The molecule has 21 heavy (non-hydrogen) atoms. The number of nitrogens with two attached hydrogens (primary N) is 1. The van der Waals surface area contributed by atoms with E-state index < -0.39 is 0 Å². The Balaban J connectivity index is 2.43. The van der Waals surface area contributed by atoms with Gasteiger partial charge in [-0.3, -0.25) is 0 Å². The molecule has 0 unspecified atom stereocenters. The lowest BCUT2D eigenvalue weighted by molar-refractivity contribution is 0.546. The molecule has 0 atom stereocenters. The lowest BCUT2D eigenvalue weighted by Crippen LogP contribution is -2.18. The van der Waals surface area contributed by atoms with Crippen molar-refractivity contribution < 1.29 is 0 Å². The Bertz CT molecular complexity index is 678. The quantitative estimate of drug-likeness (QED) is 0.839. The third kappa shape index (κ3) is 3.57. The largest absolute Gasteiger partial charge is 0.383 e. The van der Waals surface area contributed by atoms with Gasteiger partial charge in [-0.05, 0) is 25.1 Å². The normalized spacial score (nSPS) is 11.5. The number of rotatable bonds is 2. The fraction of sp³-hybridized carbons (Fsp3) is 0.333. The summed E-state index contributed by atoms with van der Waals surface area (Å²) in [7, 11) is 0. The summed E-state index contributed by atoms with van der Waals surface area (Å²) in [5.41, 5.74) is 7.40. The van der Waals surface area contributed by atoms with Crippen LogP contribution in [0.15, 0.2) is 18.2 Å². The number of nitrogens with one attached hydrogen (secondary N) is 1. The maximum atomic E-state index is 6.03. The molecule has 2 rings (SSSR count). The number of nitrogen functional groups attached to an aromatic ring is 1. The van der Waals surface area contributed by atoms with Gasteiger partial charge in [-0.25, -0.2) is 9.97 Å². The molecule has 0 spiro atoms. The average Bonchev–Trinajstić information content (AvgIpc) is 2.38. The van der Waals surface area contributed by atoms with Gasteiger partial charge in [0.05, 0.1) is 10.0 Å². The highest BCUT2D eigenvalue weighted by molar-refractivity contribution is 6.42. The standard InChI is InChI=1S/C15H18Cl2N4/c1-8-12(18)20-14(15(2,3)4)21-13(8)19-9-5-6-10(16)11(17)7-9/h5-7H,1-4H3,(H3,18,19,20,21). The Hall–Kier alpha value is -1.52. The van der Waals surface area contributed by atoms with Crippen molar-refractivity contribution in [3.8, 4) is 0 Å². The van der Waals surface area contributed by atoms with Gasteiger partial charge in [0.1, 0.15) is 17.5 Å². The van der Waals surface area contributed by atoms with Crippen molar-refractivity contribution in [2.75, 3.05) is 11.1 Å². The van der Waals surface area contributed by atoms with Crippen LogP contribution in [0.4, 0.5) is 17.3 Å². The zero-order chi connectivity index (χ0) is 15.8. The number of halogens is 2. The molecular formula is C15H18Cl2N4. The molecule has 3 N–H and O–H groups in total. The topological polar surface area (TPSA) is 63.8 Å². The number of benzene rings is 1. The maximum absolute atomic E-state index is 6.03. The number of anilines is 3. The molecular weight excluding hydrogens is 307 g/mol. The zero-order valence-corrected chi connectivity index (χ0v) is 14.0. The van der Waals surface area contributed by atoms with E-state index in [9.17, 15) is 0 Å².